The van der Waals surface area contributed by atoms with Gasteiger partial charge in [-0.1, -0.05) is 24.4 Å². The molecule has 5 nitrogen and oxygen atoms in total. The Morgan fingerprint density at radius 2 is 1.95 bits per heavy atom. The molecule has 110 valence electrons. The topological polar surface area (TPSA) is 58.1 Å². The number of hydrogen-bond acceptors (Lipinski definition) is 5. The molecule has 0 aliphatic carbocycles. The van der Waals surface area contributed by atoms with E-state index in [0.717, 1.165) is 26.2 Å². The minimum absolute atomic E-state index is 0.213. The number of aryl methyl sites for hydroxylation is 1. The van der Waals surface area contributed by atoms with E-state index in [1.165, 1.54) is 25.7 Å². The first kappa shape index (κ1) is 15.2. The number of carbonyl (C=O) groups is 1. The Morgan fingerprint density at radius 1 is 1.25 bits per heavy atom. The van der Waals surface area contributed by atoms with Crippen molar-refractivity contribution in [1.82, 2.24) is 14.9 Å². The van der Waals surface area contributed by atoms with Gasteiger partial charge in [-0.2, -0.15) is 0 Å². The highest BCUT2D eigenvalue weighted by Crippen LogP contribution is 2.18. The summed E-state index contributed by atoms with van der Waals surface area (Å²) in [6, 6.07) is 0. The fourth-order valence-electron chi connectivity index (χ4n) is 2.48. The van der Waals surface area contributed by atoms with Gasteiger partial charge < -0.3 is 10.2 Å². The van der Waals surface area contributed by atoms with E-state index in [4.69, 9.17) is 11.6 Å². The number of aromatic nitrogens is 2. The molecule has 1 aromatic heterocycles. The first-order valence-corrected chi connectivity index (χ1v) is 7.54. The largest absolute Gasteiger partial charge is 0.368 e. The van der Waals surface area contributed by atoms with Crippen molar-refractivity contribution in [3.05, 3.63) is 16.5 Å². The molecule has 1 aliphatic heterocycles. The second-order valence-electron chi connectivity index (χ2n) is 5.12. The summed E-state index contributed by atoms with van der Waals surface area (Å²) in [5.41, 5.74) is 0.341. The molecule has 2 heterocycles. The van der Waals surface area contributed by atoms with Gasteiger partial charge in [0.1, 0.15) is 16.8 Å². The second kappa shape index (κ2) is 7.55. The molecule has 1 aromatic rings. The first-order valence-electron chi connectivity index (χ1n) is 7.16. The molecule has 1 saturated heterocycles. The van der Waals surface area contributed by atoms with Crippen molar-refractivity contribution in [3.8, 4) is 0 Å². The van der Waals surface area contributed by atoms with Crippen LogP contribution in [0, 0.1) is 6.92 Å². The lowest BCUT2D eigenvalue weighted by Crippen LogP contribution is -2.30. The molecule has 20 heavy (non-hydrogen) atoms. The summed E-state index contributed by atoms with van der Waals surface area (Å²) in [4.78, 5) is 21.7. The van der Waals surface area contributed by atoms with Crippen LogP contribution in [0.3, 0.4) is 0 Å². The van der Waals surface area contributed by atoms with E-state index in [2.05, 4.69) is 20.2 Å². The van der Waals surface area contributed by atoms with Crippen molar-refractivity contribution in [2.75, 3.05) is 31.5 Å². The fourth-order valence-corrected chi connectivity index (χ4v) is 2.73. The zero-order valence-corrected chi connectivity index (χ0v) is 12.6. The van der Waals surface area contributed by atoms with Crippen LogP contribution in [0.15, 0.2) is 0 Å². The van der Waals surface area contributed by atoms with Crippen molar-refractivity contribution in [2.24, 2.45) is 0 Å². The average molecular weight is 297 g/mol. The molecule has 0 aromatic carbocycles. The Bertz CT molecular complexity index is 459. The van der Waals surface area contributed by atoms with Crippen LogP contribution in [0.4, 0.5) is 5.82 Å². The number of aldehydes is 1. The highest BCUT2D eigenvalue weighted by Gasteiger charge is 2.12. The molecule has 0 unspecified atom stereocenters. The molecular weight excluding hydrogens is 276 g/mol. The van der Waals surface area contributed by atoms with Crippen LogP contribution in [0.1, 0.15) is 41.9 Å². The molecule has 1 aliphatic rings. The smallest absolute Gasteiger partial charge is 0.156 e. The molecule has 0 saturated carbocycles. The van der Waals surface area contributed by atoms with E-state index in [9.17, 15) is 4.79 Å². The number of likely N-dealkylation sites (tertiary alicyclic amines) is 1. The normalized spacial score (nSPS) is 16.7. The lowest BCUT2D eigenvalue weighted by Gasteiger charge is -2.20. The van der Waals surface area contributed by atoms with Crippen LogP contribution in [-0.4, -0.2) is 47.3 Å². The van der Waals surface area contributed by atoms with Crippen molar-refractivity contribution < 1.29 is 4.79 Å². The highest BCUT2D eigenvalue weighted by molar-refractivity contribution is 6.32. The van der Waals surface area contributed by atoms with E-state index >= 15 is 0 Å². The molecule has 1 N–H and O–H groups in total. The average Bonchev–Trinajstić information content (AvgIpc) is 2.67. The number of hydrogen-bond donors (Lipinski definition) is 1. The number of nitrogens with one attached hydrogen (secondary N) is 1. The number of anilines is 1. The molecule has 0 atom stereocenters. The lowest BCUT2D eigenvalue weighted by molar-refractivity contribution is 0.112. The molecule has 6 heteroatoms. The molecule has 1 fully saturated rings. The third-order valence-corrected chi connectivity index (χ3v) is 3.84. The standard InChI is InChI=1S/C14H21ClN4O/c1-11-17-13(15)12(10-20)14(18-11)16-6-9-19-7-4-2-3-5-8-19/h10H,2-9H2,1H3,(H,16,17,18). The van der Waals surface area contributed by atoms with Crippen molar-refractivity contribution in [3.63, 3.8) is 0 Å². The van der Waals surface area contributed by atoms with Crippen molar-refractivity contribution in [2.45, 2.75) is 32.6 Å². The van der Waals surface area contributed by atoms with Gasteiger partial charge in [-0.05, 0) is 32.9 Å². The van der Waals surface area contributed by atoms with Gasteiger partial charge in [-0.15, -0.1) is 0 Å². The van der Waals surface area contributed by atoms with Crippen LogP contribution in [0.25, 0.3) is 0 Å². The van der Waals surface area contributed by atoms with Gasteiger partial charge in [0.2, 0.25) is 0 Å². The second-order valence-corrected chi connectivity index (χ2v) is 5.48. The Kier molecular flexibility index (Phi) is 5.73. The summed E-state index contributed by atoms with van der Waals surface area (Å²) >= 11 is 5.95. The molecular formula is C14H21ClN4O. The summed E-state index contributed by atoms with van der Waals surface area (Å²) in [6.07, 6.45) is 5.92. The third-order valence-electron chi connectivity index (χ3n) is 3.55. The highest BCUT2D eigenvalue weighted by atomic mass is 35.5. The zero-order chi connectivity index (χ0) is 14.4. The Balaban J connectivity index is 1.91. The monoisotopic (exact) mass is 296 g/mol. The van der Waals surface area contributed by atoms with Gasteiger partial charge >= 0.3 is 0 Å². The summed E-state index contributed by atoms with van der Waals surface area (Å²) < 4.78 is 0. The molecule has 0 bridgehead atoms. The summed E-state index contributed by atoms with van der Waals surface area (Å²) in [7, 11) is 0. The molecule has 2 rings (SSSR count). The van der Waals surface area contributed by atoms with E-state index in [0.29, 0.717) is 23.5 Å². The summed E-state index contributed by atoms with van der Waals surface area (Å²) in [5, 5.41) is 3.42. The number of nitrogens with zero attached hydrogens (tertiary/aromatic N) is 3. The van der Waals surface area contributed by atoms with E-state index in [1.54, 1.807) is 6.92 Å². The minimum atomic E-state index is 0.213. The lowest BCUT2D eigenvalue weighted by atomic mass is 10.2. The van der Waals surface area contributed by atoms with Crippen molar-refractivity contribution in [1.29, 1.82) is 0 Å². The first-order chi connectivity index (χ1) is 9.70. The molecule has 0 radical (unpaired) electrons. The minimum Gasteiger partial charge on any atom is -0.368 e. The quantitative estimate of drug-likeness (QED) is 0.668. The predicted molar refractivity (Wildman–Crippen MR) is 80.6 cm³/mol. The maximum absolute atomic E-state index is 11.1. The van der Waals surface area contributed by atoms with Crippen LogP contribution in [0.2, 0.25) is 5.15 Å². The summed E-state index contributed by atoms with van der Waals surface area (Å²) in [5.74, 6) is 1.10. The van der Waals surface area contributed by atoms with Crippen molar-refractivity contribution >= 4 is 23.7 Å². The SMILES string of the molecule is Cc1nc(Cl)c(C=O)c(NCCN2CCCCCC2)n1. The number of halogens is 1. The van der Waals surface area contributed by atoms with Gasteiger partial charge in [-0.25, -0.2) is 9.97 Å². The van der Waals surface area contributed by atoms with Crippen LogP contribution in [-0.2, 0) is 0 Å². The third kappa shape index (κ3) is 4.15. The van der Waals surface area contributed by atoms with Gasteiger partial charge in [-0.3, -0.25) is 4.79 Å². The van der Waals surface area contributed by atoms with E-state index in [-0.39, 0.29) is 5.15 Å². The van der Waals surface area contributed by atoms with Gasteiger partial charge in [0.05, 0.1) is 5.56 Å². The number of rotatable bonds is 5. The molecule has 0 amide bonds. The van der Waals surface area contributed by atoms with E-state index in [1.807, 2.05) is 0 Å². The zero-order valence-electron chi connectivity index (χ0n) is 11.9. The van der Waals surface area contributed by atoms with Crippen LogP contribution >= 0.6 is 11.6 Å². The Hall–Kier alpha value is -1.20. The summed E-state index contributed by atoms with van der Waals surface area (Å²) in [6.45, 7) is 5.80. The predicted octanol–water partition coefficient (Wildman–Crippen LogP) is 2.54. The Labute approximate surface area is 124 Å². The van der Waals surface area contributed by atoms with Gasteiger partial charge in [0, 0.05) is 13.1 Å². The van der Waals surface area contributed by atoms with Gasteiger partial charge in [0.15, 0.2) is 6.29 Å². The Morgan fingerprint density at radius 3 is 2.60 bits per heavy atom. The van der Waals surface area contributed by atoms with Gasteiger partial charge in [0.25, 0.3) is 0 Å². The molecule has 0 spiro atoms. The van der Waals surface area contributed by atoms with Crippen LogP contribution < -0.4 is 5.32 Å². The van der Waals surface area contributed by atoms with Crippen LogP contribution in [0.5, 0.6) is 0 Å². The maximum Gasteiger partial charge on any atom is 0.156 e. The van der Waals surface area contributed by atoms with E-state index < -0.39 is 0 Å². The number of carbonyl (C=O) groups excluding carboxylic acids is 1. The fraction of sp³-hybridized carbons (Fsp3) is 0.643. The maximum atomic E-state index is 11.1.